The number of benzene rings is 1. The maximum Gasteiger partial charge on any atom is 0.0588 e. The summed E-state index contributed by atoms with van der Waals surface area (Å²) in [4.78, 5) is 0. The molecule has 1 N–H and O–H groups in total. The van der Waals surface area contributed by atoms with Crippen molar-refractivity contribution in [3.05, 3.63) is 33.8 Å². The molecule has 0 amide bonds. The number of hydrogen-bond acceptors (Lipinski definition) is 2. The third-order valence-corrected chi connectivity index (χ3v) is 4.11. The molecule has 3 heteroatoms. The smallest absolute Gasteiger partial charge is 0.0588 e. The Morgan fingerprint density at radius 3 is 3.06 bits per heavy atom. The third-order valence-electron chi connectivity index (χ3n) is 3.22. The van der Waals surface area contributed by atoms with Crippen molar-refractivity contribution in [3.8, 4) is 0 Å². The summed E-state index contributed by atoms with van der Waals surface area (Å²) in [5.41, 5.74) is 2.64. The maximum atomic E-state index is 5.59. The van der Waals surface area contributed by atoms with Gasteiger partial charge >= 0.3 is 0 Å². The van der Waals surface area contributed by atoms with E-state index in [0.717, 1.165) is 26.1 Å². The second kappa shape index (κ2) is 6.53. The lowest BCUT2D eigenvalue weighted by molar-refractivity contribution is 0.104. The van der Waals surface area contributed by atoms with Crippen molar-refractivity contribution in [1.29, 1.82) is 0 Å². The summed E-state index contributed by atoms with van der Waals surface area (Å²) < 4.78 is 6.77. The molecule has 1 aliphatic rings. The van der Waals surface area contributed by atoms with Crippen LogP contribution in [0.15, 0.2) is 22.7 Å². The first-order valence-electron chi connectivity index (χ1n) is 6.33. The summed E-state index contributed by atoms with van der Waals surface area (Å²) >= 11 is 3.52. The Kier molecular flexibility index (Phi) is 5.01. The van der Waals surface area contributed by atoms with Crippen LogP contribution in [0, 0.1) is 6.92 Å². The average Bonchev–Trinajstić information content (AvgIpc) is 2.82. The number of nitrogens with one attached hydrogen (secondary N) is 1. The van der Waals surface area contributed by atoms with Crippen molar-refractivity contribution >= 4 is 15.9 Å². The van der Waals surface area contributed by atoms with E-state index in [9.17, 15) is 0 Å². The number of ether oxygens (including phenoxy) is 1. The van der Waals surface area contributed by atoms with Crippen LogP contribution < -0.4 is 5.32 Å². The van der Waals surface area contributed by atoms with Gasteiger partial charge < -0.3 is 10.1 Å². The van der Waals surface area contributed by atoms with Crippen molar-refractivity contribution in [2.45, 2.75) is 38.8 Å². The fourth-order valence-corrected chi connectivity index (χ4v) is 2.43. The van der Waals surface area contributed by atoms with Gasteiger partial charge in [-0.3, -0.25) is 0 Å². The Hall–Kier alpha value is -0.380. The fraction of sp³-hybridized carbons (Fsp3) is 0.571. The molecule has 0 aromatic heterocycles. The van der Waals surface area contributed by atoms with Gasteiger partial charge in [0.1, 0.15) is 0 Å². The highest BCUT2D eigenvalue weighted by molar-refractivity contribution is 9.10. The molecular formula is C14H20BrNO. The summed E-state index contributed by atoms with van der Waals surface area (Å²) in [6.07, 6.45) is 4.10. The largest absolute Gasteiger partial charge is 0.378 e. The predicted molar refractivity (Wildman–Crippen MR) is 74.2 cm³/mol. The second-order valence-corrected chi connectivity index (χ2v) is 5.54. The lowest BCUT2D eigenvalue weighted by Gasteiger charge is -2.10. The molecule has 94 valence electrons. The van der Waals surface area contributed by atoms with Crippen LogP contribution >= 0.6 is 15.9 Å². The summed E-state index contributed by atoms with van der Waals surface area (Å²) in [6, 6.07) is 6.51. The van der Waals surface area contributed by atoms with Crippen LogP contribution in [0.1, 0.15) is 30.4 Å². The Bertz CT molecular complexity index is 361. The molecule has 0 saturated carbocycles. The van der Waals surface area contributed by atoms with Crippen molar-refractivity contribution in [3.63, 3.8) is 0 Å². The van der Waals surface area contributed by atoms with E-state index in [2.05, 4.69) is 46.4 Å². The minimum Gasteiger partial charge on any atom is -0.378 e. The summed E-state index contributed by atoms with van der Waals surface area (Å²) in [5.74, 6) is 0. The zero-order valence-electron chi connectivity index (χ0n) is 10.3. The second-order valence-electron chi connectivity index (χ2n) is 4.68. The van der Waals surface area contributed by atoms with Gasteiger partial charge in [-0.05, 0) is 49.9 Å². The molecule has 17 heavy (non-hydrogen) atoms. The normalized spacial score (nSPS) is 19.8. The summed E-state index contributed by atoms with van der Waals surface area (Å²) in [5, 5.41) is 3.48. The van der Waals surface area contributed by atoms with Crippen LogP contribution in [0.2, 0.25) is 0 Å². The molecular weight excluding hydrogens is 278 g/mol. The molecule has 0 radical (unpaired) electrons. The maximum absolute atomic E-state index is 5.59. The quantitative estimate of drug-likeness (QED) is 0.841. The van der Waals surface area contributed by atoms with Crippen molar-refractivity contribution in [2.75, 3.05) is 13.2 Å². The van der Waals surface area contributed by atoms with Gasteiger partial charge in [-0.2, -0.15) is 0 Å². The van der Waals surface area contributed by atoms with Crippen molar-refractivity contribution in [1.82, 2.24) is 5.32 Å². The number of hydrogen-bond donors (Lipinski definition) is 1. The van der Waals surface area contributed by atoms with Gasteiger partial charge in [0, 0.05) is 17.6 Å². The molecule has 1 saturated heterocycles. The van der Waals surface area contributed by atoms with Crippen LogP contribution in [0.4, 0.5) is 0 Å². The standard InChI is InChI=1S/C14H20BrNO/c1-11-9-12(4-5-14(11)15)10-16-7-6-13-3-2-8-17-13/h4-5,9,13,16H,2-3,6-8,10H2,1H3. The molecule has 2 nitrogen and oxygen atoms in total. The van der Waals surface area contributed by atoms with Gasteiger partial charge in [-0.25, -0.2) is 0 Å². The Labute approximate surface area is 112 Å². The van der Waals surface area contributed by atoms with Crippen LogP contribution in [0.25, 0.3) is 0 Å². The first-order chi connectivity index (χ1) is 8.25. The number of aryl methyl sites for hydroxylation is 1. The third kappa shape index (κ3) is 4.09. The van der Waals surface area contributed by atoms with E-state index >= 15 is 0 Å². The zero-order valence-corrected chi connectivity index (χ0v) is 11.9. The topological polar surface area (TPSA) is 21.3 Å². The van der Waals surface area contributed by atoms with Crippen LogP contribution in [-0.2, 0) is 11.3 Å². The zero-order chi connectivity index (χ0) is 12.1. The van der Waals surface area contributed by atoms with Gasteiger partial charge in [0.05, 0.1) is 6.10 Å². The van der Waals surface area contributed by atoms with Crippen molar-refractivity contribution in [2.24, 2.45) is 0 Å². The SMILES string of the molecule is Cc1cc(CNCCC2CCCO2)ccc1Br. The van der Waals surface area contributed by atoms with Gasteiger partial charge in [-0.1, -0.05) is 28.1 Å². The van der Waals surface area contributed by atoms with E-state index in [1.54, 1.807) is 0 Å². The minimum atomic E-state index is 0.495. The molecule has 1 aromatic carbocycles. The molecule has 1 atom stereocenters. The van der Waals surface area contributed by atoms with E-state index < -0.39 is 0 Å². The molecule has 1 unspecified atom stereocenters. The first kappa shape index (κ1) is 13.1. The monoisotopic (exact) mass is 297 g/mol. The number of halogens is 1. The first-order valence-corrected chi connectivity index (χ1v) is 7.12. The van der Waals surface area contributed by atoms with Gasteiger partial charge in [-0.15, -0.1) is 0 Å². The van der Waals surface area contributed by atoms with Crippen LogP contribution in [-0.4, -0.2) is 19.3 Å². The van der Waals surface area contributed by atoms with E-state index in [4.69, 9.17) is 4.74 Å². The van der Waals surface area contributed by atoms with Crippen LogP contribution in [0.5, 0.6) is 0 Å². The number of rotatable bonds is 5. The van der Waals surface area contributed by atoms with E-state index in [0.29, 0.717) is 6.10 Å². The van der Waals surface area contributed by atoms with Gasteiger partial charge in [0.2, 0.25) is 0 Å². The fourth-order valence-electron chi connectivity index (χ4n) is 2.18. The average molecular weight is 298 g/mol. The molecule has 0 bridgehead atoms. The lowest BCUT2D eigenvalue weighted by atomic mass is 10.1. The Morgan fingerprint density at radius 2 is 2.35 bits per heavy atom. The highest BCUT2D eigenvalue weighted by atomic mass is 79.9. The van der Waals surface area contributed by atoms with Gasteiger partial charge in [0.25, 0.3) is 0 Å². The van der Waals surface area contributed by atoms with E-state index in [-0.39, 0.29) is 0 Å². The van der Waals surface area contributed by atoms with Crippen LogP contribution in [0.3, 0.4) is 0 Å². The Morgan fingerprint density at radius 1 is 1.47 bits per heavy atom. The minimum absolute atomic E-state index is 0.495. The highest BCUT2D eigenvalue weighted by Crippen LogP contribution is 2.17. The molecule has 1 heterocycles. The van der Waals surface area contributed by atoms with E-state index in [1.165, 1.54) is 28.4 Å². The molecule has 1 aromatic rings. The van der Waals surface area contributed by atoms with E-state index in [1.807, 2.05) is 0 Å². The lowest BCUT2D eigenvalue weighted by Crippen LogP contribution is -2.19. The molecule has 0 spiro atoms. The molecule has 1 aliphatic heterocycles. The van der Waals surface area contributed by atoms with Crippen molar-refractivity contribution < 1.29 is 4.74 Å². The summed E-state index contributed by atoms with van der Waals surface area (Å²) in [6.45, 7) is 5.07. The highest BCUT2D eigenvalue weighted by Gasteiger charge is 2.14. The predicted octanol–water partition coefficient (Wildman–Crippen LogP) is 3.42. The van der Waals surface area contributed by atoms with Gasteiger partial charge in [0.15, 0.2) is 0 Å². The molecule has 0 aliphatic carbocycles. The molecule has 1 fully saturated rings. The molecule has 2 rings (SSSR count). The summed E-state index contributed by atoms with van der Waals surface area (Å²) in [7, 11) is 0. The Balaban J connectivity index is 1.68.